The number of sulfone groups is 1. The molecule has 0 spiro atoms. The van der Waals surface area contributed by atoms with Crippen molar-refractivity contribution in [2.24, 2.45) is 5.73 Å². The van der Waals surface area contributed by atoms with E-state index in [4.69, 9.17) is 0 Å². The Morgan fingerprint density at radius 1 is 1.19 bits per heavy atom. The highest BCUT2D eigenvalue weighted by atomic mass is 32.2. The fraction of sp³-hybridized carbons (Fsp3) is 0.727. The highest BCUT2D eigenvalue weighted by Crippen LogP contribution is 2.00. The van der Waals surface area contributed by atoms with Gasteiger partial charge in [-0.25, -0.2) is 8.42 Å². The van der Waals surface area contributed by atoms with Gasteiger partial charge in [-0.15, -0.1) is 0 Å². The molecule has 16 heavy (non-hydrogen) atoms. The monoisotopic (exact) mass is 249 g/mol. The molecule has 0 aromatic heterocycles. The molecule has 0 saturated carbocycles. The molecule has 0 aromatic rings. The summed E-state index contributed by atoms with van der Waals surface area (Å²) in [5.41, 5.74) is 4.53. The zero-order valence-electron chi connectivity index (χ0n) is 10.2. The van der Waals surface area contributed by atoms with Gasteiger partial charge in [0.25, 0.3) is 0 Å². The van der Waals surface area contributed by atoms with Crippen molar-refractivity contribution < 1.29 is 13.2 Å². The van der Waals surface area contributed by atoms with Crippen molar-refractivity contribution >= 4 is 15.7 Å². The van der Waals surface area contributed by atoms with Crippen molar-refractivity contribution in [3.8, 4) is 0 Å². The summed E-state index contributed by atoms with van der Waals surface area (Å²) >= 11 is 0. The second-order valence-corrected chi connectivity index (χ2v) is 5.77. The second-order valence-electron chi connectivity index (χ2n) is 3.47. The smallest absolute Gasteiger partial charge is 0.240 e. The first-order valence-electron chi connectivity index (χ1n) is 5.51. The zero-order chi connectivity index (χ0) is 13.0. The standard InChI is InChI=1S/C8H18O2S.C3H5NO/c1-3-5-7-11(9,10)8-6-4-2;1-2-3(4)5/h3-8H2,1-2H3;2H,1H2,(H2,4,5). The number of amides is 1. The van der Waals surface area contributed by atoms with E-state index >= 15 is 0 Å². The quantitative estimate of drug-likeness (QED) is 0.697. The van der Waals surface area contributed by atoms with Crippen LogP contribution in [0.2, 0.25) is 0 Å². The van der Waals surface area contributed by atoms with Gasteiger partial charge in [-0.05, 0) is 18.9 Å². The molecular formula is C11H23NO3S. The molecular weight excluding hydrogens is 226 g/mol. The Hall–Kier alpha value is -0.840. The van der Waals surface area contributed by atoms with Gasteiger partial charge in [0, 0.05) is 0 Å². The van der Waals surface area contributed by atoms with E-state index in [1.54, 1.807) is 0 Å². The number of primary amides is 1. The van der Waals surface area contributed by atoms with Gasteiger partial charge in [-0.3, -0.25) is 4.79 Å². The van der Waals surface area contributed by atoms with Gasteiger partial charge in [-0.2, -0.15) is 0 Å². The number of unbranched alkanes of at least 4 members (excludes halogenated alkanes) is 2. The molecule has 1 amide bonds. The van der Waals surface area contributed by atoms with E-state index in [0.29, 0.717) is 11.5 Å². The van der Waals surface area contributed by atoms with Gasteiger partial charge < -0.3 is 5.73 Å². The second kappa shape index (κ2) is 10.7. The van der Waals surface area contributed by atoms with Crippen molar-refractivity contribution in [1.29, 1.82) is 0 Å². The number of hydrogen-bond acceptors (Lipinski definition) is 3. The average molecular weight is 249 g/mol. The van der Waals surface area contributed by atoms with Crippen molar-refractivity contribution in [2.75, 3.05) is 11.5 Å². The van der Waals surface area contributed by atoms with E-state index in [-0.39, 0.29) is 0 Å². The fourth-order valence-corrected chi connectivity index (χ4v) is 2.49. The van der Waals surface area contributed by atoms with Crippen LogP contribution >= 0.6 is 0 Å². The minimum atomic E-state index is -2.71. The number of carbonyl (C=O) groups excluding carboxylic acids is 1. The molecule has 96 valence electrons. The van der Waals surface area contributed by atoms with Crippen molar-refractivity contribution in [2.45, 2.75) is 39.5 Å². The molecule has 0 radical (unpaired) electrons. The molecule has 0 fully saturated rings. The third-order valence-electron chi connectivity index (χ3n) is 1.82. The number of hydrogen-bond donors (Lipinski definition) is 1. The Kier molecular flexibility index (Phi) is 11.7. The van der Waals surface area contributed by atoms with Crippen LogP contribution in [0.25, 0.3) is 0 Å². The van der Waals surface area contributed by atoms with E-state index in [1.165, 1.54) is 0 Å². The molecule has 0 saturated heterocycles. The highest BCUT2D eigenvalue weighted by molar-refractivity contribution is 7.91. The molecule has 0 atom stereocenters. The molecule has 5 heteroatoms. The third-order valence-corrected chi connectivity index (χ3v) is 3.64. The molecule has 0 aliphatic carbocycles. The summed E-state index contributed by atoms with van der Waals surface area (Å²) < 4.78 is 22.3. The minimum absolute atomic E-state index is 0.378. The Labute approximate surface area is 98.8 Å². The summed E-state index contributed by atoms with van der Waals surface area (Å²) in [6.07, 6.45) is 4.61. The van der Waals surface area contributed by atoms with Crippen molar-refractivity contribution in [3.63, 3.8) is 0 Å². The van der Waals surface area contributed by atoms with Gasteiger partial charge in [0.1, 0.15) is 9.84 Å². The fourth-order valence-electron chi connectivity index (χ4n) is 0.831. The summed E-state index contributed by atoms with van der Waals surface area (Å²) in [4.78, 5) is 9.47. The molecule has 0 rings (SSSR count). The molecule has 4 nitrogen and oxygen atoms in total. The maximum absolute atomic E-state index is 11.1. The van der Waals surface area contributed by atoms with Crippen LogP contribution in [0.5, 0.6) is 0 Å². The Morgan fingerprint density at radius 2 is 1.50 bits per heavy atom. The normalized spacial score (nSPS) is 10.1. The first-order valence-corrected chi connectivity index (χ1v) is 7.34. The van der Waals surface area contributed by atoms with Gasteiger partial charge in [-0.1, -0.05) is 33.3 Å². The predicted octanol–water partition coefficient (Wildman–Crippen LogP) is 1.66. The zero-order valence-corrected chi connectivity index (χ0v) is 11.1. The SMILES string of the molecule is C=CC(N)=O.CCCCS(=O)(=O)CCCC. The van der Waals surface area contributed by atoms with E-state index in [9.17, 15) is 13.2 Å². The molecule has 0 unspecified atom stereocenters. The lowest BCUT2D eigenvalue weighted by atomic mass is 10.4. The number of rotatable bonds is 7. The predicted molar refractivity (Wildman–Crippen MR) is 67.9 cm³/mol. The van der Waals surface area contributed by atoms with Crippen LogP contribution in [0.3, 0.4) is 0 Å². The van der Waals surface area contributed by atoms with Crippen LogP contribution < -0.4 is 5.73 Å². The first-order chi connectivity index (χ1) is 7.39. The van der Waals surface area contributed by atoms with Crippen LogP contribution in [-0.2, 0) is 14.6 Å². The first kappa shape index (κ1) is 17.6. The van der Waals surface area contributed by atoms with E-state index in [0.717, 1.165) is 31.8 Å². The van der Waals surface area contributed by atoms with Gasteiger partial charge >= 0.3 is 0 Å². The molecule has 0 bridgehead atoms. The van der Waals surface area contributed by atoms with Gasteiger partial charge in [0.05, 0.1) is 11.5 Å². The summed E-state index contributed by atoms with van der Waals surface area (Å²) in [5, 5.41) is 0. The molecule has 2 N–H and O–H groups in total. The van der Waals surface area contributed by atoms with Gasteiger partial charge in [0.2, 0.25) is 5.91 Å². The minimum Gasteiger partial charge on any atom is -0.366 e. The van der Waals surface area contributed by atoms with Crippen LogP contribution in [0.4, 0.5) is 0 Å². The largest absolute Gasteiger partial charge is 0.366 e. The molecule has 0 aromatic carbocycles. The van der Waals surface area contributed by atoms with E-state index in [2.05, 4.69) is 12.3 Å². The van der Waals surface area contributed by atoms with E-state index in [1.807, 2.05) is 13.8 Å². The lowest BCUT2D eigenvalue weighted by Gasteiger charge is -2.00. The molecule has 0 aliphatic heterocycles. The lowest BCUT2D eigenvalue weighted by molar-refractivity contribution is -0.113. The van der Waals surface area contributed by atoms with Crippen LogP contribution in [0.15, 0.2) is 12.7 Å². The number of carbonyl (C=O) groups is 1. The van der Waals surface area contributed by atoms with E-state index < -0.39 is 15.7 Å². The topological polar surface area (TPSA) is 77.2 Å². The average Bonchev–Trinajstić information content (AvgIpc) is 2.24. The molecule has 0 heterocycles. The maximum atomic E-state index is 11.1. The number of nitrogens with two attached hydrogens (primary N) is 1. The summed E-state index contributed by atoms with van der Waals surface area (Å²) in [6, 6.07) is 0. The van der Waals surface area contributed by atoms with Crippen LogP contribution in [-0.4, -0.2) is 25.8 Å². The van der Waals surface area contributed by atoms with Crippen molar-refractivity contribution in [3.05, 3.63) is 12.7 Å². The Morgan fingerprint density at radius 3 is 1.69 bits per heavy atom. The van der Waals surface area contributed by atoms with Crippen molar-refractivity contribution in [1.82, 2.24) is 0 Å². The highest BCUT2D eigenvalue weighted by Gasteiger charge is 2.07. The van der Waals surface area contributed by atoms with Gasteiger partial charge in [0.15, 0.2) is 0 Å². The Bertz CT molecular complexity index is 270. The summed E-state index contributed by atoms with van der Waals surface area (Å²) in [7, 11) is -2.71. The van der Waals surface area contributed by atoms with Crippen LogP contribution in [0.1, 0.15) is 39.5 Å². The maximum Gasteiger partial charge on any atom is 0.240 e. The lowest BCUT2D eigenvalue weighted by Crippen LogP contribution is -2.10. The van der Waals surface area contributed by atoms with Crippen LogP contribution in [0, 0.1) is 0 Å². The summed E-state index contributed by atoms with van der Waals surface area (Å²) in [6.45, 7) is 7.10. The summed E-state index contributed by atoms with van der Waals surface area (Å²) in [5.74, 6) is 0.275. The third kappa shape index (κ3) is 15.6. The Balaban J connectivity index is 0. The molecule has 0 aliphatic rings.